The van der Waals surface area contributed by atoms with E-state index in [0.717, 1.165) is 43.1 Å². The van der Waals surface area contributed by atoms with Crippen LogP contribution < -0.4 is 0 Å². The van der Waals surface area contributed by atoms with Gasteiger partial charge in [0.05, 0.1) is 0 Å². The third-order valence-corrected chi connectivity index (χ3v) is 6.45. The van der Waals surface area contributed by atoms with Crippen LogP contribution in [0.4, 0.5) is 0 Å². The van der Waals surface area contributed by atoms with Crippen molar-refractivity contribution in [3.05, 3.63) is 35.4 Å². The van der Waals surface area contributed by atoms with Crippen LogP contribution in [0.2, 0.25) is 10.6 Å². The predicted octanol–water partition coefficient (Wildman–Crippen LogP) is 1.96. The Morgan fingerprint density at radius 1 is 0.867 bits per heavy atom. The Labute approximate surface area is 104 Å². The molecule has 0 atom stereocenters. The molecule has 1 heterocycles. The van der Waals surface area contributed by atoms with Crippen LogP contribution in [0.1, 0.15) is 11.1 Å². The average Bonchev–Trinajstić information content (AvgIpc) is 2.32. The minimum absolute atomic E-state index is 0.730. The Balaban J connectivity index is 2.04. The first-order valence-electron chi connectivity index (χ1n) is 5.27. The maximum atomic E-state index is 5.60. The first-order chi connectivity index (χ1) is 7.47. The molecule has 0 radical (unpaired) electrons. The molecule has 1 aromatic rings. The molecule has 2 rings (SSSR count). The van der Waals surface area contributed by atoms with E-state index in [1.54, 1.807) is 11.1 Å². The van der Waals surface area contributed by atoms with Crippen molar-refractivity contribution in [2.24, 2.45) is 0 Å². The van der Waals surface area contributed by atoms with Crippen LogP contribution in [0.15, 0.2) is 24.3 Å². The van der Waals surface area contributed by atoms with Gasteiger partial charge in [-0.1, -0.05) is 0 Å². The Hall–Kier alpha value is 0.219. The van der Waals surface area contributed by atoms with Gasteiger partial charge in [0.2, 0.25) is 0 Å². The number of benzene rings is 1. The van der Waals surface area contributed by atoms with E-state index in [0.29, 0.717) is 0 Å². The fraction of sp³-hybridized carbons (Fsp3) is 0.500. The van der Waals surface area contributed by atoms with Gasteiger partial charge in [0, 0.05) is 0 Å². The summed E-state index contributed by atoms with van der Waals surface area (Å²) in [4.78, 5) is 0. The molecule has 0 unspecified atom stereocenters. The fourth-order valence-electron chi connectivity index (χ4n) is 1.54. The quantitative estimate of drug-likeness (QED) is 0.659. The van der Waals surface area contributed by atoms with Gasteiger partial charge in [-0.05, 0) is 0 Å². The van der Waals surface area contributed by atoms with E-state index in [4.69, 9.17) is 4.74 Å². The molecule has 82 valence electrons. The molecule has 15 heavy (non-hydrogen) atoms. The summed E-state index contributed by atoms with van der Waals surface area (Å²) in [5.74, 6) is 0. The first kappa shape index (κ1) is 11.7. The average molecular weight is 334 g/mol. The van der Waals surface area contributed by atoms with E-state index in [-0.39, 0.29) is 0 Å². The van der Waals surface area contributed by atoms with Crippen molar-refractivity contribution in [1.29, 1.82) is 0 Å². The van der Waals surface area contributed by atoms with Gasteiger partial charge in [0.25, 0.3) is 0 Å². The van der Waals surface area contributed by atoms with Crippen LogP contribution in [0, 0.1) is 0 Å². The number of ether oxygens (including phenoxy) is 1. The van der Waals surface area contributed by atoms with Crippen LogP contribution in [0.3, 0.4) is 0 Å². The number of hydrogen-bond acceptors (Lipinski definition) is 1. The molecule has 0 saturated carbocycles. The van der Waals surface area contributed by atoms with Crippen molar-refractivity contribution in [3.63, 3.8) is 0 Å². The summed E-state index contributed by atoms with van der Waals surface area (Å²) in [6.07, 6.45) is 0. The van der Waals surface area contributed by atoms with Crippen molar-refractivity contribution in [3.8, 4) is 0 Å². The molecule has 1 nitrogen and oxygen atoms in total. The van der Waals surface area contributed by atoms with E-state index in [1.165, 1.54) is 21.3 Å². The second-order valence-corrected chi connectivity index (χ2v) is 8.12. The van der Waals surface area contributed by atoms with Crippen LogP contribution in [-0.4, -0.2) is 43.1 Å². The molecule has 1 aliphatic rings. The zero-order valence-electron chi connectivity index (χ0n) is 8.78. The number of rotatable bonds is 0. The Kier molecular flexibility index (Phi) is 5.25. The van der Waals surface area contributed by atoms with Gasteiger partial charge >= 0.3 is 105 Å². The summed E-state index contributed by atoms with van der Waals surface area (Å²) in [5.41, 5.74) is 3.20. The first-order valence-corrected chi connectivity index (χ1v) is 10.1. The van der Waals surface area contributed by atoms with E-state index in [9.17, 15) is 0 Å². The Bertz CT molecular complexity index is 272. The van der Waals surface area contributed by atoms with Gasteiger partial charge in [0.1, 0.15) is 0 Å². The van der Waals surface area contributed by atoms with Crippen molar-refractivity contribution < 1.29 is 4.74 Å². The summed E-state index contributed by atoms with van der Waals surface area (Å²) in [7, 11) is 0. The molecule has 0 aliphatic carbocycles. The number of fused-ring (bicyclic) bond motifs is 1. The molecule has 3 heteroatoms. The van der Waals surface area contributed by atoms with E-state index < -0.39 is 0 Å². The van der Waals surface area contributed by atoms with Gasteiger partial charge < -0.3 is 0 Å². The molecule has 0 aromatic heterocycles. The molecular weight excluding hydrogens is 318 g/mol. The molecule has 0 amide bonds. The Morgan fingerprint density at radius 2 is 1.40 bits per heavy atom. The van der Waals surface area contributed by atoms with Gasteiger partial charge in [0.15, 0.2) is 0 Å². The maximum absolute atomic E-state index is 5.60. The van der Waals surface area contributed by atoms with Crippen molar-refractivity contribution >= 4 is 29.9 Å². The van der Waals surface area contributed by atoms with E-state index in [1.807, 2.05) is 0 Å². The minimum atomic E-state index is 0.730. The summed E-state index contributed by atoms with van der Waals surface area (Å²) < 4.78 is 5.60. The molecule has 1 aromatic carbocycles. The summed E-state index contributed by atoms with van der Waals surface area (Å²) in [5, 5.41) is 5.13. The normalized spacial score (nSPS) is 18.9. The zero-order valence-corrected chi connectivity index (χ0v) is 12.2. The van der Waals surface area contributed by atoms with Gasteiger partial charge in [-0.3, -0.25) is 0 Å². The summed E-state index contributed by atoms with van der Waals surface area (Å²) >= 11 is 1.46. The molecular formula is C12H16OSe2. The van der Waals surface area contributed by atoms with Gasteiger partial charge in [-0.2, -0.15) is 0 Å². The topological polar surface area (TPSA) is 9.23 Å². The SMILES string of the molecule is c1ccc2c(c1)C[Se]CCOCC[Se]C2. The monoisotopic (exact) mass is 336 g/mol. The molecule has 0 bridgehead atoms. The molecule has 0 N–H and O–H groups in total. The van der Waals surface area contributed by atoms with Crippen LogP contribution in [0.5, 0.6) is 0 Å². The molecule has 0 fully saturated rings. The number of hydrogen-bond donors (Lipinski definition) is 0. The fourth-order valence-corrected chi connectivity index (χ4v) is 5.24. The zero-order chi connectivity index (χ0) is 10.3. The summed E-state index contributed by atoms with van der Waals surface area (Å²) in [6, 6.07) is 8.98. The standard InChI is InChI=1S/C12H16OSe2/c1-2-4-12-10-15-8-6-13-5-7-14-9-11(12)3-1/h1-4H,5-10H2. The van der Waals surface area contributed by atoms with Crippen molar-refractivity contribution in [2.45, 2.75) is 21.3 Å². The third-order valence-electron chi connectivity index (χ3n) is 2.38. The van der Waals surface area contributed by atoms with E-state index >= 15 is 0 Å². The summed E-state index contributed by atoms with van der Waals surface area (Å²) in [6.45, 7) is 1.97. The second-order valence-electron chi connectivity index (χ2n) is 3.49. The van der Waals surface area contributed by atoms with Crippen LogP contribution in [-0.2, 0) is 15.4 Å². The molecule has 1 aliphatic heterocycles. The molecule has 0 saturated heterocycles. The third kappa shape index (κ3) is 3.94. The van der Waals surface area contributed by atoms with Crippen LogP contribution >= 0.6 is 0 Å². The van der Waals surface area contributed by atoms with Gasteiger partial charge in [-0.15, -0.1) is 0 Å². The molecule has 0 spiro atoms. The van der Waals surface area contributed by atoms with Crippen molar-refractivity contribution in [2.75, 3.05) is 13.2 Å². The van der Waals surface area contributed by atoms with Gasteiger partial charge in [-0.25, -0.2) is 0 Å². The second kappa shape index (κ2) is 6.73. The predicted molar refractivity (Wildman–Crippen MR) is 65.8 cm³/mol. The van der Waals surface area contributed by atoms with Crippen LogP contribution in [0.25, 0.3) is 0 Å². The van der Waals surface area contributed by atoms with E-state index in [2.05, 4.69) is 24.3 Å². The van der Waals surface area contributed by atoms with Crippen molar-refractivity contribution in [1.82, 2.24) is 0 Å². The Morgan fingerprint density at radius 3 is 1.93 bits per heavy atom.